The molecular weight excluding hydrogens is 1010 g/mol. The number of piperazine rings is 1. The number of para-hydroxylation sites is 1. The number of nitrogens with one attached hydrogen (secondary N) is 1. The van der Waals surface area contributed by atoms with Crippen molar-refractivity contribution in [3.63, 3.8) is 0 Å². The molecule has 0 radical (unpaired) electrons. The van der Waals surface area contributed by atoms with Crippen molar-refractivity contribution in [1.29, 1.82) is 0 Å². The second-order valence-corrected chi connectivity index (χ2v) is 22.8. The van der Waals surface area contributed by atoms with E-state index in [9.17, 15) is 19.8 Å². The van der Waals surface area contributed by atoms with Gasteiger partial charge in [-0.25, -0.2) is 9.97 Å². The molecule has 78 heavy (non-hydrogen) atoms. The number of nitrogens with two attached hydrogens (primary N) is 1. The third-order valence-electron chi connectivity index (χ3n) is 16.4. The number of phenolic OH excluding ortho intramolecular Hbond substituents is 1. The summed E-state index contributed by atoms with van der Waals surface area (Å²) in [5, 5.41) is 37.2. The highest BCUT2D eigenvalue weighted by Crippen LogP contribution is 2.41. The lowest BCUT2D eigenvalue weighted by molar-refractivity contribution is -0.141. The van der Waals surface area contributed by atoms with E-state index in [1.54, 1.807) is 29.5 Å². The molecular formula is C58H71N11O8S. The van der Waals surface area contributed by atoms with Crippen LogP contribution in [0.5, 0.6) is 17.5 Å². The van der Waals surface area contributed by atoms with Gasteiger partial charge in [0, 0.05) is 100 Å². The number of aryl methyl sites for hydroxylation is 1. The molecule has 6 aromatic rings. The van der Waals surface area contributed by atoms with Gasteiger partial charge in [0.05, 0.1) is 51.8 Å². The Balaban J connectivity index is 0.604. The van der Waals surface area contributed by atoms with Gasteiger partial charge in [-0.2, -0.15) is 0 Å². The second kappa shape index (κ2) is 23.2. The third-order valence-corrected chi connectivity index (χ3v) is 17.4. The van der Waals surface area contributed by atoms with Gasteiger partial charge < -0.3 is 54.7 Å². The van der Waals surface area contributed by atoms with Crippen molar-refractivity contribution in [2.45, 2.75) is 134 Å². The van der Waals surface area contributed by atoms with Crippen LogP contribution in [0.4, 0.5) is 17.2 Å². The number of aromatic nitrogens is 5. The number of aliphatic hydroxyl groups is 1. The van der Waals surface area contributed by atoms with Gasteiger partial charge in [0.1, 0.15) is 30.4 Å². The molecule has 2 aromatic carbocycles. The molecule has 0 spiro atoms. The first-order valence-corrected chi connectivity index (χ1v) is 28.6. The monoisotopic (exact) mass is 1080 g/mol. The minimum absolute atomic E-state index is 0.0552. The largest absolute Gasteiger partial charge is 0.507 e. The molecule has 5 aliphatic rings. The van der Waals surface area contributed by atoms with Crippen molar-refractivity contribution in [2.24, 2.45) is 5.92 Å². The summed E-state index contributed by atoms with van der Waals surface area (Å²) in [6, 6.07) is 22.5. The smallest absolute Gasteiger partial charge is 0.254 e. The number of β-amino-alcohol motifs (C(OH)–C–C–N with tert-alkyl or cyclic N) is 1. The topological polar surface area (TPSA) is 231 Å². The van der Waals surface area contributed by atoms with Gasteiger partial charge in [-0.05, 0) is 85.5 Å². The summed E-state index contributed by atoms with van der Waals surface area (Å²) in [7, 11) is 0. The maximum atomic E-state index is 14.3. The van der Waals surface area contributed by atoms with Gasteiger partial charge in [-0.3, -0.25) is 14.5 Å². The summed E-state index contributed by atoms with van der Waals surface area (Å²) in [4.78, 5) is 47.0. The van der Waals surface area contributed by atoms with Crippen LogP contribution in [0.2, 0.25) is 0 Å². The Morgan fingerprint density at radius 2 is 1.67 bits per heavy atom. The van der Waals surface area contributed by atoms with E-state index in [-0.39, 0.29) is 72.9 Å². The second-order valence-electron chi connectivity index (χ2n) is 22.0. The zero-order valence-corrected chi connectivity index (χ0v) is 45.6. The van der Waals surface area contributed by atoms with Crippen molar-refractivity contribution in [1.82, 2.24) is 40.4 Å². The zero-order chi connectivity index (χ0) is 54.0. The number of amides is 2. The minimum Gasteiger partial charge on any atom is -0.507 e. The fourth-order valence-electron chi connectivity index (χ4n) is 12.2. The summed E-state index contributed by atoms with van der Waals surface area (Å²) in [6.07, 6.45) is 7.89. The summed E-state index contributed by atoms with van der Waals surface area (Å²) in [5.41, 5.74) is 14.4. The lowest BCUT2D eigenvalue weighted by atomic mass is 9.91. The van der Waals surface area contributed by atoms with Crippen molar-refractivity contribution >= 4 is 40.3 Å². The molecule has 2 amide bonds. The number of likely N-dealkylation sites (tertiary alicyclic amines) is 2. The number of anilines is 3. The van der Waals surface area contributed by atoms with Crippen LogP contribution in [-0.4, -0.2) is 146 Å². The number of pyridine rings is 1. The molecule has 1 aliphatic carbocycles. The van der Waals surface area contributed by atoms with E-state index in [0.29, 0.717) is 54.2 Å². The molecule has 1 saturated carbocycles. The Labute approximate surface area is 459 Å². The number of piperidine rings is 1. The fourth-order valence-corrected chi connectivity index (χ4v) is 13.0. The van der Waals surface area contributed by atoms with Gasteiger partial charge >= 0.3 is 0 Å². The maximum absolute atomic E-state index is 14.3. The molecule has 4 aromatic heterocycles. The van der Waals surface area contributed by atoms with Crippen molar-refractivity contribution in [3.05, 3.63) is 102 Å². The number of nitrogen functional groups attached to an aromatic ring is 1. The molecule has 5 fully saturated rings. The first-order chi connectivity index (χ1) is 37.8. The average molecular weight is 1080 g/mol. The first kappa shape index (κ1) is 53.1. The molecule has 19 nitrogen and oxygen atoms in total. The molecule has 8 heterocycles. The molecule has 6 atom stereocenters. The highest BCUT2D eigenvalue weighted by molar-refractivity contribution is 7.13. The summed E-state index contributed by atoms with van der Waals surface area (Å²) >= 11 is 1.60. The zero-order valence-electron chi connectivity index (χ0n) is 44.8. The predicted octanol–water partition coefficient (Wildman–Crippen LogP) is 7.54. The van der Waals surface area contributed by atoms with Gasteiger partial charge in [-0.15, -0.1) is 21.5 Å². The number of aliphatic hydroxyl groups excluding tert-OH is 1. The number of hydrogen-bond acceptors (Lipinski definition) is 18. The molecule has 11 rings (SSSR count). The Morgan fingerprint density at radius 1 is 0.897 bits per heavy atom. The van der Waals surface area contributed by atoms with Gasteiger partial charge in [0.2, 0.25) is 17.7 Å². The highest BCUT2D eigenvalue weighted by Gasteiger charge is 2.45. The van der Waals surface area contributed by atoms with Crippen LogP contribution < -0.4 is 30.3 Å². The van der Waals surface area contributed by atoms with E-state index < -0.39 is 18.1 Å². The summed E-state index contributed by atoms with van der Waals surface area (Å²) in [5.74, 6) is 0.366. The quantitative estimate of drug-likeness (QED) is 0.0614. The van der Waals surface area contributed by atoms with Gasteiger partial charge in [-0.1, -0.05) is 57.2 Å². The van der Waals surface area contributed by atoms with E-state index in [1.165, 1.54) is 4.90 Å². The highest BCUT2D eigenvalue weighted by atomic mass is 32.1. The maximum Gasteiger partial charge on any atom is 0.254 e. The fraction of sp³-hybridized carbons (Fsp3) is 0.500. The number of phenols is 1. The molecule has 1 unspecified atom stereocenters. The van der Waals surface area contributed by atoms with Crippen LogP contribution in [-0.2, 0) is 14.3 Å². The van der Waals surface area contributed by atoms with E-state index >= 15 is 0 Å². The number of benzene rings is 2. The van der Waals surface area contributed by atoms with E-state index in [0.717, 1.165) is 97.8 Å². The van der Waals surface area contributed by atoms with Gasteiger partial charge in [0.15, 0.2) is 11.6 Å². The van der Waals surface area contributed by atoms with Crippen LogP contribution in [0.15, 0.2) is 89.0 Å². The average Bonchev–Trinajstić information content (AvgIpc) is 4.36. The molecule has 412 valence electrons. The number of ether oxygens (including phenoxy) is 3. The van der Waals surface area contributed by atoms with E-state index in [2.05, 4.69) is 57.5 Å². The Bertz CT molecular complexity index is 3020. The van der Waals surface area contributed by atoms with Crippen LogP contribution in [0.1, 0.15) is 101 Å². The molecule has 4 aliphatic heterocycles. The number of carbonyl (C=O) groups is 2. The number of rotatable bonds is 19. The Kier molecular flexibility index (Phi) is 15.8. The SMILES string of the molecule is CC[C@H](NC(=O)[C@@H]1C[C@@H](O)CN1C(=O)[C@@H](c1cc(OCCN2CCC(OC3CC(Oc4cc(N5C6CC[C@@H]5CN(c5cc(-c7ccccc7O)nnc5N)C6)ccn4)C3)CC2)no1)C(C)C)c1ccc(-c2scnc2C)cc1. The number of carbonyl (C=O) groups excluding carboxylic acids is 2. The third kappa shape index (κ3) is 11.5. The standard InChI is InChI=1S/C58H71N11O8S/c1-5-46(36-10-12-37(13-11-36)55-35(4)61-33-78-55)62-57(72)49-25-41(70)32-68(49)58(73)54(34(2)3)51-29-53(65-77-51)74-23-22-66-20-17-42(18-21-66)75-43-26-44(27-43)76-52-24-38(16-19-60-52)69-39-14-15-40(69)31-67(30-39)48-28-47(63-64-56(48)59)45-8-6-7-9-50(45)71/h6-13,16,19,24,28-29,33-34,39-44,46,49,54,70-71H,5,14-15,17-18,20-23,25-27,30-32H2,1-4H3,(H2,59,64)(H,62,72)/t39-,40?,41-,43?,44?,46+,49+,54-/m1/s1. The minimum atomic E-state index is -0.828. The number of fused-ring (bicyclic) bond motifs is 2. The number of aromatic hydroxyl groups is 1. The molecule has 2 bridgehead atoms. The van der Waals surface area contributed by atoms with E-state index in [1.807, 2.05) is 81.9 Å². The molecule has 4 saturated heterocycles. The lowest BCUT2D eigenvalue weighted by Crippen LogP contribution is -2.54. The van der Waals surface area contributed by atoms with Crippen LogP contribution in [0, 0.1) is 12.8 Å². The van der Waals surface area contributed by atoms with Crippen molar-refractivity contribution in [3.8, 4) is 39.2 Å². The number of hydrogen-bond donors (Lipinski definition) is 4. The predicted molar refractivity (Wildman–Crippen MR) is 296 cm³/mol. The molecule has 5 N–H and O–H groups in total. The Hall–Kier alpha value is -6.87. The molecule has 20 heteroatoms. The van der Waals surface area contributed by atoms with Crippen LogP contribution in [0.25, 0.3) is 21.7 Å². The number of nitrogens with zero attached hydrogens (tertiary/aromatic N) is 9. The normalized spacial score (nSPS) is 23.3. The first-order valence-electron chi connectivity index (χ1n) is 27.7. The van der Waals surface area contributed by atoms with Crippen molar-refractivity contribution < 1.29 is 38.5 Å². The van der Waals surface area contributed by atoms with Crippen LogP contribution >= 0.6 is 11.3 Å². The van der Waals surface area contributed by atoms with E-state index in [4.69, 9.17) is 24.5 Å². The Morgan fingerprint density at radius 3 is 2.38 bits per heavy atom. The lowest BCUT2D eigenvalue weighted by Gasteiger charge is -2.43. The van der Waals surface area contributed by atoms with Crippen LogP contribution in [0.3, 0.4) is 0 Å². The summed E-state index contributed by atoms with van der Waals surface area (Å²) in [6.45, 7) is 12.4. The summed E-state index contributed by atoms with van der Waals surface area (Å²) < 4.78 is 24.8. The van der Waals surface area contributed by atoms with Crippen molar-refractivity contribution in [2.75, 3.05) is 61.4 Å². The number of thiazole rings is 1. The van der Waals surface area contributed by atoms with Gasteiger partial charge in [0.25, 0.3) is 5.88 Å².